The van der Waals surface area contributed by atoms with Crippen molar-refractivity contribution in [2.24, 2.45) is 21.1 Å². The third-order valence-electron chi connectivity index (χ3n) is 25.2. The van der Waals surface area contributed by atoms with Crippen LogP contribution in [0.25, 0.3) is 116 Å². The number of aryl methyl sites for hydroxylation is 6. The van der Waals surface area contributed by atoms with Crippen molar-refractivity contribution in [3.63, 3.8) is 0 Å². The van der Waals surface area contributed by atoms with Crippen LogP contribution in [0.1, 0.15) is 86.1 Å². The first-order valence-corrected chi connectivity index (χ1v) is 45.1. The van der Waals surface area contributed by atoms with Crippen LogP contribution in [0, 0.1) is 20.8 Å². The fourth-order valence-electron chi connectivity index (χ4n) is 17.6. The zero-order valence-electron chi connectivity index (χ0n) is 78.7. The van der Waals surface area contributed by atoms with Gasteiger partial charge in [0.15, 0.2) is 11.6 Å². The number of benzene rings is 6. The summed E-state index contributed by atoms with van der Waals surface area (Å²) in [6, 6.07) is 40.6. The number of carbonyl (C=O) groups is 3. The van der Waals surface area contributed by atoms with Gasteiger partial charge in [-0.3, -0.25) is 66.9 Å². The summed E-state index contributed by atoms with van der Waals surface area (Å²) < 4.78 is 139. The summed E-state index contributed by atoms with van der Waals surface area (Å²) in [6.07, 6.45) is 4.12. The van der Waals surface area contributed by atoms with Crippen LogP contribution in [-0.2, 0) is 39.7 Å². The van der Waals surface area contributed by atoms with Gasteiger partial charge in [0.1, 0.15) is 0 Å². The smallest absolute Gasteiger partial charge is 0.870 e. The van der Waals surface area contributed by atoms with Gasteiger partial charge in [-0.05, 0) is 172 Å². The van der Waals surface area contributed by atoms with E-state index in [1.807, 2.05) is 117 Å². The molecular weight excluding hydrogens is 1900 g/mol. The molecule has 3 saturated heterocycles. The van der Waals surface area contributed by atoms with Gasteiger partial charge in [-0.15, -0.1) is 0 Å². The summed E-state index contributed by atoms with van der Waals surface area (Å²) in [5.41, 5.74) is 9.94. The summed E-state index contributed by atoms with van der Waals surface area (Å²) in [5.74, 6) is -0.634. The molecule has 3 aliphatic heterocycles. The first-order valence-electron chi connectivity index (χ1n) is 44.7. The quantitative estimate of drug-likeness (QED) is 0.0442. The van der Waals surface area contributed by atoms with Crippen molar-refractivity contribution in [1.82, 2.24) is 92.5 Å². The van der Waals surface area contributed by atoms with Crippen LogP contribution in [0.4, 0.5) is 68.5 Å². The van der Waals surface area contributed by atoms with E-state index in [1.54, 1.807) is 90.1 Å². The zero-order valence-corrected chi connectivity index (χ0v) is 79.4. The fourth-order valence-corrected chi connectivity index (χ4v) is 17.7. The number of halogens is 10. The molecule has 0 bridgehead atoms. The van der Waals surface area contributed by atoms with Gasteiger partial charge in [0.05, 0.1) is 119 Å². The second kappa shape index (κ2) is 41.9. The number of nitrogens with zero attached hydrogens (tertiary/aromatic N) is 23. The van der Waals surface area contributed by atoms with E-state index in [0.717, 1.165) is 68.7 Å². The Kier molecular flexibility index (Phi) is 29.9. The number of carboxylic acid groups (broad SMARTS) is 1. The molecule has 0 amide bonds. The van der Waals surface area contributed by atoms with Crippen LogP contribution in [0.15, 0.2) is 234 Å². The molecule has 6 aromatic carbocycles. The molecule has 43 heteroatoms. The molecule has 3 fully saturated rings. The van der Waals surface area contributed by atoms with E-state index in [2.05, 4.69) is 65.1 Å². The van der Waals surface area contributed by atoms with Gasteiger partial charge in [0, 0.05) is 222 Å². The number of hydrogen-bond acceptors (Lipinski definition) is 25. The molecular formula is C102H91ClF9LiN24O8. The van der Waals surface area contributed by atoms with E-state index in [1.165, 1.54) is 103 Å². The largest absolute Gasteiger partial charge is 1.00 e. The molecule has 0 aliphatic carbocycles. The number of hydrogen-bond donors (Lipinski definition) is 2. The standard InChI is InChI=1S/C34H29F3N8O2.C33H27F3N8O3.C28H25F3N6O.C6H5ClN2O.CH4.Li.H2O/c1-20-4-5-23(16-38-20)22-6-8-28-26(14-22)31-30(19-39-28)42(3)33(47)45(31)25-7-9-29(27(15-25)34(35,36)37)43-10-12-44(13-11-43)32-40-17-24(18-41-32)21(2)46;1-19-3-4-21(15-37-19)20-5-7-26-24(13-20)29-28(18-38-26)41(2)32(47)44(29)23-6-8-27(25(14-23)33(34,35)36)42-9-11-43(12-10-42)31-39-16-22(17-40-31)30(45)46;1-17-3-4-19(15-33-17)18-5-7-23-21(13-18)26-25(16-34-23)35(2)27(38)37(26)20-6-8-24(22(14-20)28(29,30)31)36-11-9-32-10-12-36;1-4(10)5-2-8-6(7)9-3-5;;;/h4-9,14-19H,10-13H2,1-3H3;3-8,13-18H,9-12H2,1-2H3,(H,45,46);3-8,13-16,32H,9-12H2,1-2H3;2-3H,1H3;1H4;;1H2/q;;;;;+1;/p-1. The normalized spacial score (nSPS) is 13.5. The van der Waals surface area contributed by atoms with E-state index in [-0.39, 0.29) is 101 Å². The predicted molar refractivity (Wildman–Crippen MR) is 531 cm³/mol. The first kappa shape index (κ1) is 103. The Morgan fingerprint density at radius 2 is 0.621 bits per heavy atom. The number of imidazole rings is 3. The number of pyridine rings is 6. The SMILES string of the molecule is C.CC(=O)c1cnc(Cl)nc1.CC(=O)c1cnc(N2CCN(c3ccc(-n4c(=O)n(C)c5cnc6ccc(-c7ccc(C)nc7)cc6c54)cc3C(F)(F)F)CC2)nc1.Cc1ccc(-c2ccc3ncc4c(c3c2)n(-c2ccc(N3CCN(c5ncc(C(=O)O)cn5)CC3)c(C(F)(F)F)c2)c(=O)n4C)cn1.Cc1ccc(-c2ccc3ncc4c(c3c2)n(-c2ccc(N3CCNCC3)c(C(F)(F)F)c2)c(=O)n4C)cn1.[Li+].[OH-]. The Labute approximate surface area is 837 Å². The number of nitrogens with one attached hydrogen (secondary N) is 1. The van der Waals surface area contributed by atoms with Gasteiger partial charge < -0.3 is 40.4 Å². The minimum absolute atomic E-state index is 0. The summed E-state index contributed by atoms with van der Waals surface area (Å²) in [7, 11) is 4.75. The number of aromatic carboxylic acids is 1. The van der Waals surface area contributed by atoms with Gasteiger partial charge in [-0.25, -0.2) is 49.1 Å². The number of alkyl halides is 9. The molecule has 0 spiro atoms. The molecule has 0 unspecified atom stereocenters. The molecule has 32 nitrogen and oxygen atoms in total. The molecule has 12 aromatic heterocycles. The minimum Gasteiger partial charge on any atom is -0.870 e. The number of Topliss-reactive ketones (excluding diaryl/α,β-unsaturated/α-hetero) is 2. The van der Waals surface area contributed by atoms with Gasteiger partial charge in [0.2, 0.25) is 17.2 Å². The summed E-state index contributed by atoms with van der Waals surface area (Å²) in [4.78, 5) is 133. The number of fused-ring (bicyclic) bond motifs is 9. The maximum atomic E-state index is 14.7. The average molecular weight is 1990 g/mol. The Bertz CT molecular complexity index is 7830. The number of carboxylic acids is 1. The third-order valence-corrected chi connectivity index (χ3v) is 25.4. The second-order valence-electron chi connectivity index (χ2n) is 34.3. The van der Waals surface area contributed by atoms with E-state index < -0.39 is 58.3 Å². The summed E-state index contributed by atoms with van der Waals surface area (Å²) >= 11 is 5.38. The number of piperazine rings is 3. The molecule has 0 saturated carbocycles. The number of anilines is 5. The fraction of sp³-hybridized carbons (Fsp3) is 0.235. The Morgan fingerprint density at radius 1 is 0.345 bits per heavy atom. The van der Waals surface area contributed by atoms with Crippen molar-refractivity contribution in [1.29, 1.82) is 0 Å². The van der Waals surface area contributed by atoms with Crippen molar-refractivity contribution in [3.05, 3.63) is 307 Å². The number of aromatic nitrogens is 18. The first-order chi connectivity index (χ1) is 67.9. The summed E-state index contributed by atoms with van der Waals surface area (Å²) in [5, 5.41) is 14.3. The van der Waals surface area contributed by atoms with Gasteiger partial charge in [-0.1, -0.05) is 43.8 Å². The van der Waals surface area contributed by atoms with E-state index in [9.17, 15) is 68.3 Å². The van der Waals surface area contributed by atoms with Gasteiger partial charge in [-0.2, -0.15) is 39.5 Å². The maximum Gasteiger partial charge on any atom is 1.00 e. The van der Waals surface area contributed by atoms with Crippen LogP contribution in [0.3, 0.4) is 0 Å². The van der Waals surface area contributed by atoms with Crippen molar-refractivity contribution >= 4 is 124 Å². The van der Waals surface area contributed by atoms with Crippen LogP contribution in [-0.4, -0.2) is 194 Å². The van der Waals surface area contributed by atoms with Crippen molar-refractivity contribution < 1.29 is 83.3 Å². The Hall–Kier alpha value is -16.0. The third kappa shape index (κ3) is 21.0. The Balaban J connectivity index is 0.000000155. The van der Waals surface area contributed by atoms with Crippen LogP contribution in [0.2, 0.25) is 5.28 Å². The van der Waals surface area contributed by atoms with E-state index in [0.29, 0.717) is 154 Å². The monoisotopic (exact) mass is 1990 g/mol. The second-order valence-corrected chi connectivity index (χ2v) is 34.6. The van der Waals surface area contributed by atoms with Crippen molar-refractivity contribution in [2.45, 2.75) is 60.6 Å². The van der Waals surface area contributed by atoms with E-state index in [4.69, 9.17) is 16.7 Å². The molecule has 3 N–H and O–H groups in total. The van der Waals surface area contributed by atoms with Gasteiger partial charge in [0.25, 0.3) is 0 Å². The number of carbonyl (C=O) groups excluding carboxylic acids is 2. The number of ketones is 2. The molecule has 0 radical (unpaired) electrons. The molecule has 15 heterocycles. The molecule has 738 valence electrons. The average Bonchev–Trinajstić information content (AvgIpc) is 1.59. The maximum absolute atomic E-state index is 14.7. The van der Waals surface area contributed by atoms with Crippen LogP contribution < -0.4 is 65.7 Å². The molecule has 3 aliphatic rings. The minimum atomic E-state index is -4.71. The molecule has 145 heavy (non-hydrogen) atoms. The van der Waals surface area contributed by atoms with Crippen molar-refractivity contribution in [3.8, 4) is 50.4 Å². The van der Waals surface area contributed by atoms with Crippen LogP contribution >= 0.6 is 11.6 Å². The molecule has 18 aromatic rings. The van der Waals surface area contributed by atoms with Crippen LogP contribution in [0.5, 0.6) is 0 Å². The topological polar surface area (TPSA) is 365 Å². The molecule has 21 rings (SSSR count). The van der Waals surface area contributed by atoms with Crippen molar-refractivity contribution in [2.75, 3.05) is 103 Å². The Morgan fingerprint density at radius 3 is 0.897 bits per heavy atom. The zero-order chi connectivity index (χ0) is 100. The summed E-state index contributed by atoms with van der Waals surface area (Å²) in [6.45, 7) is 13.2. The predicted octanol–water partition coefficient (Wildman–Crippen LogP) is 14.1. The number of rotatable bonds is 14. The van der Waals surface area contributed by atoms with Gasteiger partial charge >= 0.3 is 60.4 Å². The van der Waals surface area contributed by atoms with E-state index >= 15 is 0 Å². The molecule has 0 atom stereocenters.